The van der Waals surface area contributed by atoms with Gasteiger partial charge >= 0.3 is 0 Å². The first kappa shape index (κ1) is 28.1. The van der Waals surface area contributed by atoms with Crippen LogP contribution in [0.4, 0.5) is 5.69 Å². The number of nitrogens with zero attached hydrogens (tertiary/aromatic N) is 3. The molecule has 2 heterocycles. The van der Waals surface area contributed by atoms with Crippen molar-refractivity contribution in [2.75, 3.05) is 64.5 Å². The Hall–Kier alpha value is -1.10. The number of piperidine rings is 2. The molecule has 2 saturated heterocycles. The Morgan fingerprint density at radius 1 is 1.09 bits per heavy atom. The lowest BCUT2D eigenvalue weighted by Crippen LogP contribution is -2.48. The number of methoxy groups -OCH3 is 1. The third kappa shape index (κ3) is 9.58. The molecule has 33 heavy (non-hydrogen) atoms. The third-order valence-electron chi connectivity index (χ3n) is 6.69. The Balaban J connectivity index is 0.00000385. The number of aliphatic hydroxyl groups is 1. The maximum Gasteiger partial charge on any atom is 0.191 e. The monoisotopic (exact) mass is 573 g/mol. The van der Waals surface area contributed by atoms with Gasteiger partial charge in [-0.05, 0) is 62.6 Å². The zero-order chi connectivity index (χ0) is 22.6. The molecule has 2 aliphatic rings. The number of likely N-dealkylation sites (tertiary alicyclic amines) is 1. The third-order valence-corrected chi connectivity index (χ3v) is 6.69. The van der Waals surface area contributed by atoms with Gasteiger partial charge in [0.1, 0.15) is 0 Å². The van der Waals surface area contributed by atoms with Crippen molar-refractivity contribution in [3.05, 3.63) is 29.8 Å². The molecule has 0 radical (unpaired) electrons. The van der Waals surface area contributed by atoms with Gasteiger partial charge in [-0.2, -0.15) is 0 Å². The van der Waals surface area contributed by atoms with Crippen molar-refractivity contribution in [1.29, 1.82) is 0 Å². The Bertz CT molecular complexity index is 672. The van der Waals surface area contributed by atoms with Crippen molar-refractivity contribution in [3.8, 4) is 0 Å². The van der Waals surface area contributed by atoms with Gasteiger partial charge in [0.05, 0.1) is 6.54 Å². The van der Waals surface area contributed by atoms with E-state index < -0.39 is 0 Å². The topological polar surface area (TPSA) is 72.4 Å². The van der Waals surface area contributed by atoms with Gasteiger partial charge in [0.15, 0.2) is 5.96 Å². The summed E-state index contributed by atoms with van der Waals surface area (Å²) in [6.45, 7) is 10.3. The van der Waals surface area contributed by atoms with Crippen LogP contribution in [-0.4, -0.2) is 81.6 Å². The molecule has 1 aromatic carbocycles. The van der Waals surface area contributed by atoms with Gasteiger partial charge in [-0.15, -0.1) is 24.0 Å². The van der Waals surface area contributed by atoms with E-state index >= 15 is 0 Å². The van der Waals surface area contributed by atoms with Gasteiger partial charge in [-0.25, -0.2) is 4.99 Å². The van der Waals surface area contributed by atoms with Crippen molar-refractivity contribution in [3.63, 3.8) is 0 Å². The summed E-state index contributed by atoms with van der Waals surface area (Å²) >= 11 is 0. The first-order valence-electron chi connectivity index (χ1n) is 12.4. The number of hydrogen-bond acceptors (Lipinski definition) is 5. The Labute approximate surface area is 217 Å². The van der Waals surface area contributed by atoms with Gasteiger partial charge < -0.3 is 30.3 Å². The predicted molar refractivity (Wildman–Crippen MR) is 148 cm³/mol. The minimum atomic E-state index is 0. The average molecular weight is 574 g/mol. The number of nitrogens with one attached hydrogen (secondary N) is 2. The molecule has 2 aliphatic heterocycles. The summed E-state index contributed by atoms with van der Waals surface area (Å²) < 4.78 is 5.17. The first-order chi connectivity index (χ1) is 15.7. The summed E-state index contributed by atoms with van der Waals surface area (Å²) in [7, 11) is 1.77. The van der Waals surface area contributed by atoms with Crippen molar-refractivity contribution in [2.45, 2.75) is 51.6 Å². The normalized spacial score (nSPS) is 18.8. The second-order valence-corrected chi connectivity index (χ2v) is 9.08. The maximum atomic E-state index is 9.33. The van der Waals surface area contributed by atoms with Gasteiger partial charge in [0.2, 0.25) is 0 Å². The van der Waals surface area contributed by atoms with Gasteiger partial charge in [0.25, 0.3) is 0 Å². The molecule has 1 aromatic rings. The van der Waals surface area contributed by atoms with Crippen LogP contribution >= 0.6 is 24.0 Å². The van der Waals surface area contributed by atoms with E-state index in [1.165, 1.54) is 11.3 Å². The van der Waals surface area contributed by atoms with Crippen LogP contribution in [0.5, 0.6) is 0 Å². The number of anilines is 1. The van der Waals surface area contributed by atoms with E-state index in [4.69, 9.17) is 9.73 Å². The van der Waals surface area contributed by atoms with Crippen LogP contribution in [-0.2, 0) is 11.3 Å². The van der Waals surface area contributed by atoms with E-state index in [1.807, 2.05) is 0 Å². The highest BCUT2D eigenvalue weighted by Gasteiger charge is 2.20. The fourth-order valence-electron chi connectivity index (χ4n) is 4.60. The minimum absolute atomic E-state index is 0. The number of halogens is 1. The molecule has 188 valence electrons. The lowest BCUT2D eigenvalue weighted by Gasteiger charge is -2.33. The zero-order valence-corrected chi connectivity index (χ0v) is 22.8. The van der Waals surface area contributed by atoms with Gasteiger partial charge in [-0.1, -0.05) is 12.1 Å². The summed E-state index contributed by atoms with van der Waals surface area (Å²) in [5.41, 5.74) is 2.50. The van der Waals surface area contributed by atoms with Crippen LogP contribution in [0.3, 0.4) is 0 Å². The van der Waals surface area contributed by atoms with Crippen molar-refractivity contribution in [2.24, 2.45) is 10.9 Å². The van der Waals surface area contributed by atoms with Crippen LogP contribution in [0, 0.1) is 5.92 Å². The zero-order valence-electron chi connectivity index (χ0n) is 20.5. The van der Waals surface area contributed by atoms with Crippen molar-refractivity contribution in [1.82, 2.24) is 15.5 Å². The number of aliphatic hydroxyl groups excluding tert-OH is 1. The lowest BCUT2D eigenvalue weighted by molar-refractivity contribution is 0.155. The minimum Gasteiger partial charge on any atom is -0.396 e. The van der Waals surface area contributed by atoms with E-state index in [2.05, 4.69) is 51.6 Å². The number of ether oxygens (including phenoxy) is 1. The van der Waals surface area contributed by atoms with E-state index in [1.54, 1.807) is 7.11 Å². The molecule has 7 nitrogen and oxygen atoms in total. The molecule has 0 amide bonds. The number of rotatable bonds is 10. The summed E-state index contributed by atoms with van der Waals surface area (Å²) in [6, 6.07) is 9.29. The summed E-state index contributed by atoms with van der Waals surface area (Å²) in [5.74, 6) is 1.39. The molecule has 0 unspecified atom stereocenters. The largest absolute Gasteiger partial charge is 0.396 e. The molecule has 0 aliphatic carbocycles. The molecule has 3 N–H and O–H groups in total. The molecule has 0 atom stereocenters. The summed E-state index contributed by atoms with van der Waals surface area (Å²) in [5, 5.41) is 16.4. The molecule has 2 fully saturated rings. The molecule has 0 saturated carbocycles. The van der Waals surface area contributed by atoms with Gasteiger partial charge in [-0.3, -0.25) is 0 Å². The summed E-state index contributed by atoms with van der Waals surface area (Å²) in [4.78, 5) is 9.80. The van der Waals surface area contributed by atoms with E-state index in [0.29, 0.717) is 25.1 Å². The molecule has 3 rings (SSSR count). The number of guanidine groups is 1. The van der Waals surface area contributed by atoms with Crippen molar-refractivity contribution >= 4 is 35.6 Å². The number of benzene rings is 1. The summed E-state index contributed by atoms with van der Waals surface area (Å²) in [6.07, 6.45) is 5.56. The molecule has 8 heteroatoms. The van der Waals surface area contributed by atoms with Crippen LogP contribution in [0.2, 0.25) is 0 Å². The molecule has 0 bridgehead atoms. The average Bonchev–Trinajstić information content (AvgIpc) is 2.84. The van der Waals surface area contributed by atoms with E-state index in [-0.39, 0.29) is 24.0 Å². The maximum absolute atomic E-state index is 9.33. The molecular weight excluding hydrogens is 529 g/mol. The molecule has 0 spiro atoms. The SMILES string of the molecule is CCNC(=NCc1ccc(N2CCC(CO)CC2)cc1)NC1CCN(CCCOC)CC1.I. The highest BCUT2D eigenvalue weighted by Crippen LogP contribution is 2.23. The van der Waals surface area contributed by atoms with Crippen molar-refractivity contribution < 1.29 is 9.84 Å². The second kappa shape index (κ2) is 15.7. The molecule has 0 aromatic heterocycles. The van der Waals surface area contributed by atoms with Crippen LogP contribution < -0.4 is 15.5 Å². The molecular formula is C25H44IN5O2. The Kier molecular flexibility index (Phi) is 13.4. The Morgan fingerprint density at radius 3 is 2.39 bits per heavy atom. The number of hydrogen-bond donors (Lipinski definition) is 3. The van der Waals surface area contributed by atoms with Crippen LogP contribution in [0.25, 0.3) is 0 Å². The van der Waals surface area contributed by atoms with E-state index in [0.717, 1.165) is 83.9 Å². The highest BCUT2D eigenvalue weighted by atomic mass is 127. The fraction of sp³-hybridized carbons (Fsp3) is 0.720. The lowest BCUT2D eigenvalue weighted by atomic mass is 9.97. The Morgan fingerprint density at radius 2 is 1.79 bits per heavy atom. The van der Waals surface area contributed by atoms with Crippen LogP contribution in [0.15, 0.2) is 29.3 Å². The van der Waals surface area contributed by atoms with Gasteiger partial charge in [0, 0.05) is 71.3 Å². The first-order valence-corrected chi connectivity index (χ1v) is 12.4. The second-order valence-electron chi connectivity index (χ2n) is 9.08. The van der Waals surface area contributed by atoms with Crippen LogP contribution in [0.1, 0.15) is 44.6 Å². The van der Waals surface area contributed by atoms with E-state index in [9.17, 15) is 5.11 Å². The highest BCUT2D eigenvalue weighted by molar-refractivity contribution is 14.0. The number of aliphatic imine (C=N–C) groups is 1. The smallest absolute Gasteiger partial charge is 0.191 e. The standard InChI is InChI=1S/C25H43N5O2.HI/c1-3-26-25(28-23-11-14-29(15-12-23)13-4-18-32-2)27-19-21-5-7-24(8-6-21)30-16-9-22(20-31)10-17-30;/h5-8,22-23,31H,3-4,9-20H2,1-2H3,(H2,26,27,28);1H. The predicted octanol–water partition coefficient (Wildman–Crippen LogP) is 3.07. The fourth-order valence-corrected chi connectivity index (χ4v) is 4.60. The quantitative estimate of drug-likeness (QED) is 0.173.